The minimum atomic E-state index is -0.841. The molecule has 0 bridgehead atoms. The highest BCUT2D eigenvalue weighted by Gasteiger charge is 2.29. The number of benzene rings is 1. The van der Waals surface area contributed by atoms with E-state index in [1.807, 2.05) is 36.5 Å². The summed E-state index contributed by atoms with van der Waals surface area (Å²) in [6.45, 7) is 7.20. The van der Waals surface area contributed by atoms with Gasteiger partial charge in [-0.3, -0.25) is 15.1 Å². The van der Waals surface area contributed by atoms with Crippen LogP contribution in [0.2, 0.25) is 0 Å². The van der Waals surface area contributed by atoms with Gasteiger partial charge in [0.1, 0.15) is 5.75 Å². The lowest BCUT2D eigenvalue weighted by molar-refractivity contribution is 0.0577. The molecule has 10 nitrogen and oxygen atoms in total. The van der Waals surface area contributed by atoms with E-state index >= 15 is 0 Å². The summed E-state index contributed by atoms with van der Waals surface area (Å²) in [6.07, 6.45) is 6.34. The van der Waals surface area contributed by atoms with E-state index in [0.717, 1.165) is 65.4 Å². The number of hydrazine groups is 1. The zero-order valence-electron chi connectivity index (χ0n) is 22.3. The first-order valence-electron chi connectivity index (χ1n) is 13.2. The Kier molecular flexibility index (Phi) is 7.83. The zero-order chi connectivity index (χ0) is 26.9. The number of aliphatic hydroxyl groups excluding tert-OH is 1. The maximum absolute atomic E-state index is 10.1. The van der Waals surface area contributed by atoms with Gasteiger partial charge < -0.3 is 19.8 Å². The number of nitrogens with one attached hydrogen (secondary N) is 2. The third-order valence-electron chi connectivity index (χ3n) is 7.06. The number of β-amino-alcohol motifs (C(OH)–C–C–N with tert-alkyl or cyclic N) is 1. The van der Waals surface area contributed by atoms with Gasteiger partial charge in [0.15, 0.2) is 10.8 Å². The van der Waals surface area contributed by atoms with E-state index < -0.39 is 5.60 Å². The maximum Gasteiger partial charge on any atom is 0.172 e. The molecule has 38 heavy (non-hydrogen) atoms. The number of aromatic nitrogens is 3. The summed E-state index contributed by atoms with van der Waals surface area (Å²) in [6, 6.07) is 6.33. The van der Waals surface area contributed by atoms with Crippen LogP contribution in [0.5, 0.6) is 5.75 Å². The van der Waals surface area contributed by atoms with Crippen LogP contribution in [0.15, 0.2) is 30.6 Å². The first-order valence-corrected chi connectivity index (χ1v) is 14.0. The van der Waals surface area contributed by atoms with Crippen molar-refractivity contribution in [2.75, 3.05) is 39.9 Å². The van der Waals surface area contributed by atoms with E-state index in [-0.39, 0.29) is 12.6 Å². The van der Waals surface area contributed by atoms with Crippen molar-refractivity contribution in [3.05, 3.63) is 40.5 Å². The van der Waals surface area contributed by atoms with E-state index in [2.05, 4.69) is 15.4 Å². The summed E-state index contributed by atoms with van der Waals surface area (Å²) < 4.78 is 7.89. The molecule has 0 unspecified atom stereocenters. The smallest absolute Gasteiger partial charge is 0.172 e. The number of aliphatic hydroxyl groups is 2. The molecule has 0 atom stereocenters. The van der Waals surface area contributed by atoms with E-state index in [0.29, 0.717) is 30.5 Å². The lowest BCUT2D eigenvalue weighted by atomic mass is 10.0. The van der Waals surface area contributed by atoms with Crippen LogP contribution in [0.3, 0.4) is 0 Å². The van der Waals surface area contributed by atoms with Gasteiger partial charge in [-0.2, -0.15) is 5.10 Å². The van der Waals surface area contributed by atoms with Gasteiger partial charge in [0.2, 0.25) is 0 Å². The van der Waals surface area contributed by atoms with Crippen LogP contribution < -0.4 is 10.2 Å². The van der Waals surface area contributed by atoms with Crippen molar-refractivity contribution in [2.45, 2.75) is 51.3 Å². The van der Waals surface area contributed by atoms with Crippen molar-refractivity contribution in [1.29, 1.82) is 5.41 Å². The number of fused-ring (bicyclic) bond motifs is 3. The molecular weight excluding hydrogens is 502 g/mol. The molecule has 1 aromatic carbocycles. The van der Waals surface area contributed by atoms with Crippen molar-refractivity contribution in [3.63, 3.8) is 0 Å². The normalized spacial score (nSPS) is 16.4. The fourth-order valence-electron chi connectivity index (χ4n) is 5.22. The summed E-state index contributed by atoms with van der Waals surface area (Å²) >= 11 is 1.57. The Hall–Kier alpha value is -2.83. The number of hydrogen-bond donors (Lipinski definition) is 4. The summed E-state index contributed by atoms with van der Waals surface area (Å²) in [7, 11) is 1.86. The lowest BCUT2D eigenvalue weighted by Gasteiger charge is -2.38. The Morgan fingerprint density at radius 1 is 1.29 bits per heavy atom. The highest BCUT2D eigenvalue weighted by molar-refractivity contribution is 7.14. The number of amidine groups is 1. The van der Waals surface area contributed by atoms with Crippen molar-refractivity contribution < 1.29 is 14.9 Å². The van der Waals surface area contributed by atoms with Crippen LogP contribution in [0.1, 0.15) is 36.6 Å². The molecule has 0 radical (unpaired) electrons. The lowest BCUT2D eigenvalue weighted by Crippen LogP contribution is -2.52. The number of likely N-dealkylation sites (tertiary alicyclic amines) is 1. The molecule has 4 heterocycles. The molecule has 3 aromatic rings. The van der Waals surface area contributed by atoms with Crippen LogP contribution >= 0.6 is 11.3 Å². The molecule has 0 saturated carbocycles. The second-order valence-electron chi connectivity index (χ2n) is 10.6. The quantitative estimate of drug-likeness (QED) is 0.196. The fourth-order valence-corrected chi connectivity index (χ4v) is 6.22. The Balaban J connectivity index is 1.36. The monoisotopic (exact) mass is 539 g/mol. The van der Waals surface area contributed by atoms with Crippen LogP contribution in [0.4, 0.5) is 0 Å². The van der Waals surface area contributed by atoms with E-state index in [1.54, 1.807) is 36.1 Å². The largest absolute Gasteiger partial charge is 0.492 e. The average molecular weight is 540 g/mol. The van der Waals surface area contributed by atoms with E-state index in [4.69, 9.17) is 15.1 Å². The van der Waals surface area contributed by atoms with Crippen LogP contribution in [-0.2, 0) is 13.0 Å². The second-order valence-corrected chi connectivity index (χ2v) is 11.7. The molecule has 2 aliphatic heterocycles. The van der Waals surface area contributed by atoms with Crippen molar-refractivity contribution >= 4 is 17.2 Å². The molecule has 1 fully saturated rings. The molecule has 2 aliphatic rings. The third-order valence-corrected chi connectivity index (χ3v) is 8.18. The Morgan fingerprint density at radius 3 is 2.79 bits per heavy atom. The summed E-state index contributed by atoms with van der Waals surface area (Å²) in [5.74, 6) is 1.17. The number of piperidine rings is 1. The average Bonchev–Trinajstić information content (AvgIpc) is 3.48. The molecule has 0 aliphatic carbocycles. The molecule has 2 aromatic heterocycles. The standard InChI is InChI=1S/C27H37N7O3S/c1-27(2,36)17-33-16-19(15-30-33)18-4-5-21-22(14-18)37-13-8-23-24(21)31-26(38-23)25(28)34(29-3)20-6-9-32(10-7-20)11-12-35/h4-5,14-16,20,28-29,35-36H,6-13,17H2,1-3H3. The second kappa shape index (κ2) is 11.1. The van der Waals surface area contributed by atoms with E-state index in [9.17, 15) is 10.2 Å². The first kappa shape index (κ1) is 26.8. The van der Waals surface area contributed by atoms with Crippen molar-refractivity contribution in [1.82, 2.24) is 30.1 Å². The van der Waals surface area contributed by atoms with Crippen LogP contribution in [-0.4, -0.2) is 92.3 Å². The van der Waals surface area contributed by atoms with Crippen LogP contribution in [0, 0.1) is 5.41 Å². The van der Waals surface area contributed by atoms with Gasteiger partial charge in [0.25, 0.3) is 0 Å². The summed E-state index contributed by atoms with van der Waals surface area (Å²) in [5.41, 5.74) is 6.17. The number of nitrogens with zero attached hydrogens (tertiary/aromatic N) is 5. The topological polar surface area (TPSA) is 123 Å². The molecule has 11 heteroatoms. The number of hydrogen-bond acceptors (Lipinski definition) is 9. The Morgan fingerprint density at radius 2 is 2.08 bits per heavy atom. The molecule has 0 amide bonds. The SMILES string of the molecule is CNN(C(=N)c1nc2c(s1)CCOc1cc(-c3cnn(CC(C)(C)O)c3)ccc1-2)C1CCN(CCO)CC1. The minimum absolute atomic E-state index is 0.180. The zero-order valence-corrected chi connectivity index (χ0v) is 23.1. The molecule has 204 valence electrons. The number of rotatable bonds is 8. The highest BCUT2D eigenvalue weighted by Crippen LogP contribution is 2.40. The predicted octanol–water partition coefficient (Wildman–Crippen LogP) is 2.60. The minimum Gasteiger partial charge on any atom is -0.492 e. The van der Waals surface area contributed by atoms with Crippen molar-refractivity contribution in [2.24, 2.45) is 0 Å². The molecular formula is C27H37N7O3S. The third kappa shape index (κ3) is 5.76. The molecule has 5 rings (SSSR count). The van der Waals surface area contributed by atoms with Gasteiger partial charge in [0.05, 0.1) is 37.3 Å². The van der Waals surface area contributed by atoms with Crippen LogP contribution in [0.25, 0.3) is 22.4 Å². The fraction of sp³-hybridized carbons (Fsp3) is 0.519. The maximum atomic E-state index is 10.1. The highest BCUT2D eigenvalue weighted by atomic mass is 32.1. The number of thiazole rings is 1. The van der Waals surface area contributed by atoms with Gasteiger partial charge in [-0.15, -0.1) is 11.3 Å². The van der Waals surface area contributed by atoms with Gasteiger partial charge in [-0.1, -0.05) is 6.07 Å². The number of ether oxygens (including phenoxy) is 1. The van der Waals surface area contributed by atoms with E-state index in [1.165, 1.54) is 0 Å². The summed E-state index contributed by atoms with van der Waals surface area (Å²) in [4.78, 5) is 8.35. The van der Waals surface area contributed by atoms with Crippen molar-refractivity contribution in [3.8, 4) is 28.1 Å². The van der Waals surface area contributed by atoms with Gasteiger partial charge in [-0.25, -0.2) is 10.4 Å². The molecule has 1 saturated heterocycles. The Labute approximate surface area is 227 Å². The van der Waals surface area contributed by atoms with Gasteiger partial charge in [0, 0.05) is 61.3 Å². The molecule has 4 N–H and O–H groups in total. The first-order chi connectivity index (χ1) is 18.3. The van der Waals surface area contributed by atoms with Gasteiger partial charge >= 0.3 is 0 Å². The Bertz CT molecular complexity index is 1270. The molecule has 0 spiro atoms. The predicted molar refractivity (Wildman–Crippen MR) is 149 cm³/mol. The summed E-state index contributed by atoms with van der Waals surface area (Å²) in [5, 5.41) is 35.4. The van der Waals surface area contributed by atoms with Gasteiger partial charge in [-0.05, 0) is 44.4 Å².